The Bertz CT molecular complexity index is 376. The lowest BCUT2D eigenvalue weighted by atomic mass is 10.1. The lowest BCUT2D eigenvalue weighted by Crippen LogP contribution is -2.27. The van der Waals surface area contributed by atoms with Crippen molar-refractivity contribution in [1.29, 1.82) is 0 Å². The molecule has 0 aliphatic carbocycles. The van der Waals surface area contributed by atoms with Gasteiger partial charge in [-0.15, -0.1) is 0 Å². The van der Waals surface area contributed by atoms with E-state index >= 15 is 0 Å². The van der Waals surface area contributed by atoms with E-state index in [9.17, 15) is 0 Å². The van der Waals surface area contributed by atoms with Gasteiger partial charge in [-0.3, -0.25) is 0 Å². The van der Waals surface area contributed by atoms with Crippen LogP contribution in [0, 0.1) is 4.64 Å². The lowest BCUT2D eigenvalue weighted by molar-refractivity contribution is 0.628. The fourth-order valence-electron chi connectivity index (χ4n) is 1.33. The second-order valence-electron chi connectivity index (χ2n) is 4.70. The van der Waals surface area contributed by atoms with Gasteiger partial charge in [0, 0.05) is 18.0 Å². The summed E-state index contributed by atoms with van der Waals surface area (Å²) in [6, 6.07) is 1.86. The smallest absolute Gasteiger partial charge is 0.131 e. The van der Waals surface area contributed by atoms with Gasteiger partial charge in [-0.25, -0.2) is 4.98 Å². The van der Waals surface area contributed by atoms with E-state index in [4.69, 9.17) is 12.2 Å². The third-order valence-electron chi connectivity index (χ3n) is 1.79. The van der Waals surface area contributed by atoms with E-state index in [0.29, 0.717) is 4.64 Å². The predicted octanol–water partition coefficient (Wildman–Crippen LogP) is 3.30. The van der Waals surface area contributed by atoms with E-state index in [2.05, 4.69) is 43.0 Å². The molecule has 0 atom stereocenters. The standard InChI is InChI=1S/C11H19N3S/c1-5-6-8-12-9(7-10(15)13-8)14-11(2,3)4/h7H,5-6H2,1-4H3,(H2,12,13,14,15). The van der Waals surface area contributed by atoms with Crippen molar-refractivity contribution in [2.75, 3.05) is 5.32 Å². The normalized spacial score (nSPS) is 11.5. The number of aryl methyl sites for hydroxylation is 1. The van der Waals surface area contributed by atoms with Gasteiger partial charge in [0.1, 0.15) is 16.3 Å². The van der Waals surface area contributed by atoms with Gasteiger partial charge in [-0.2, -0.15) is 0 Å². The van der Waals surface area contributed by atoms with Crippen molar-refractivity contribution < 1.29 is 0 Å². The summed E-state index contributed by atoms with van der Waals surface area (Å²) in [7, 11) is 0. The van der Waals surface area contributed by atoms with E-state index in [0.717, 1.165) is 24.5 Å². The Morgan fingerprint density at radius 2 is 2.13 bits per heavy atom. The van der Waals surface area contributed by atoms with Crippen molar-refractivity contribution in [3.8, 4) is 0 Å². The molecule has 0 fully saturated rings. The van der Waals surface area contributed by atoms with Crippen molar-refractivity contribution >= 4 is 18.0 Å². The molecule has 1 aromatic rings. The highest BCUT2D eigenvalue weighted by atomic mass is 32.1. The third kappa shape index (κ3) is 4.42. The summed E-state index contributed by atoms with van der Waals surface area (Å²) in [5, 5.41) is 3.36. The van der Waals surface area contributed by atoms with Crippen LogP contribution in [-0.2, 0) is 6.42 Å². The van der Waals surface area contributed by atoms with Gasteiger partial charge >= 0.3 is 0 Å². The molecule has 3 nitrogen and oxygen atoms in total. The van der Waals surface area contributed by atoms with Crippen molar-refractivity contribution in [2.24, 2.45) is 0 Å². The van der Waals surface area contributed by atoms with Crippen molar-refractivity contribution in [1.82, 2.24) is 9.97 Å². The van der Waals surface area contributed by atoms with Crippen LogP contribution < -0.4 is 5.32 Å². The molecule has 1 heterocycles. The molecule has 84 valence electrons. The Hall–Kier alpha value is -0.900. The quantitative estimate of drug-likeness (QED) is 0.775. The van der Waals surface area contributed by atoms with Gasteiger partial charge in [-0.05, 0) is 27.2 Å². The zero-order chi connectivity index (χ0) is 11.5. The summed E-state index contributed by atoms with van der Waals surface area (Å²) in [6.07, 6.45) is 2.00. The van der Waals surface area contributed by atoms with Gasteiger partial charge in [0.05, 0.1) is 0 Å². The molecule has 15 heavy (non-hydrogen) atoms. The first-order chi connectivity index (χ1) is 6.90. The average molecular weight is 225 g/mol. The summed E-state index contributed by atoms with van der Waals surface area (Å²) in [6.45, 7) is 8.47. The van der Waals surface area contributed by atoms with Crippen LogP contribution in [0.2, 0.25) is 0 Å². The van der Waals surface area contributed by atoms with Crippen LogP contribution in [0.25, 0.3) is 0 Å². The lowest BCUT2D eigenvalue weighted by Gasteiger charge is -2.22. The van der Waals surface area contributed by atoms with Gasteiger partial charge in [-0.1, -0.05) is 19.1 Å². The number of nitrogens with one attached hydrogen (secondary N) is 2. The van der Waals surface area contributed by atoms with Gasteiger partial charge < -0.3 is 10.3 Å². The molecule has 0 amide bonds. The topological polar surface area (TPSA) is 40.7 Å². The van der Waals surface area contributed by atoms with Crippen LogP contribution in [0.1, 0.15) is 39.9 Å². The molecule has 0 aromatic carbocycles. The maximum absolute atomic E-state index is 5.12. The first kappa shape index (κ1) is 12.2. The highest BCUT2D eigenvalue weighted by Gasteiger charge is 2.09. The van der Waals surface area contributed by atoms with Crippen LogP contribution >= 0.6 is 12.2 Å². The van der Waals surface area contributed by atoms with Crippen LogP contribution in [0.4, 0.5) is 5.82 Å². The van der Waals surface area contributed by atoms with Gasteiger partial charge in [0.15, 0.2) is 0 Å². The zero-order valence-corrected chi connectivity index (χ0v) is 10.7. The molecule has 0 bridgehead atoms. The molecule has 0 unspecified atom stereocenters. The maximum Gasteiger partial charge on any atom is 0.131 e. The largest absolute Gasteiger partial charge is 0.367 e. The number of aromatic nitrogens is 2. The zero-order valence-electron chi connectivity index (χ0n) is 9.85. The van der Waals surface area contributed by atoms with E-state index < -0.39 is 0 Å². The van der Waals surface area contributed by atoms with Crippen molar-refractivity contribution in [3.05, 3.63) is 16.5 Å². The molecule has 0 aliphatic rings. The molecule has 2 N–H and O–H groups in total. The van der Waals surface area contributed by atoms with Gasteiger partial charge in [0.2, 0.25) is 0 Å². The molecule has 0 radical (unpaired) electrons. The Morgan fingerprint density at radius 1 is 1.47 bits per heavy atom. The molecule has 0 aliphatic heterocycles. The molecule has 1 rings (SSSR count). The molecule has 0 saturated carbocycles. The number of rotatable bonds is 3. The van der Waals surface area contributed by atoms with Crippen molar-refractivity contribution in [3.63, 3.8) is 0 Å². The highest BCUT2D eigenvalue weighted by Crippen LogP contribution is 2.12. The summed E-state index contributed by atoms with van der Waals surface area (Å²) in [5.41, 5.74) is 0.0309. The van der Waals surface area contributed by atoms with Crippen LogP contribution in [0.15, 0.2) is 6.07 Å². The summed E-state index contributed by atoms with van der Waals surface area (Å²) >= 11 is 5.12. The molecule has 0 spiro atoms. The highest BCUT2D eigenvalue weighted by molar-refractivity contribution is 7.71. The van der Waals surface area contributed by atoms with Gasteiger partial charge in [0.25, 0.3) is 0 Å². The summed E-state index contributed by atoms with van der Waals surface area (Å²) in [5.74, 6) is 1.91. The number of nitrogens with zero attached hydrogens (tertiary/aromatic N) is 1. The molecule has 0 saturated heterocycles. The number of hydrogen-bond donors (Lipinski definition) is 2. The molecular formula is C11H19N3S. The van der Waals surface area contributed by atoms with Crippen molar-refractivity contribution in [2.45, 2.75) is 46.1 Å². The second kappa shape index (κ2) is 4.75. The third-order valence-corrected chi connectivity index (χ3v) is 2.00. The fraction of sp³-hybridized carbons (Fsp3) is 0.636. The Morgan fingerprint density at radius 3 is 2.67 bits per heavy atom. The van der Waals surface area contributed by atoms with E-state index in [1.54, 1.807) is 0 Å². The molecule has 4 heteroatoms. The van der Waals surface area contributed by atoms with Crippen LogP contribution in [0.5, 0.6) is 0 Å². The van der Waals surface area contributed by atoms with Crippen LogP contribution in [-0.4, -0.2) is 15.5 Å². The van der Waals surface area contributed by atoms with E-state index in [-0.39, 0.29) is 5.54 Å². The minimum absolute atomic E-state index is 0.0309. The number of hydrogen-bond acceptors (Lipinski definition) is 3. The minimum atomic E-state index is 0.0309. The Labute approximate surface area is 96.3 Å². The summed E-state index contributed by atoms with van der Waals surface area (Å²) in [4.78, 5) is 7.53. The van der Waals surface area contributed by atoms with E-state index in [1.165, 1.54) is 0 Å². The van der Waals surface area contributed by atoms with Crippen LogP contribution in [0.3, 0.4) is 0 Å². The monoisotopic (exact) mass is 225 g/mol. The Kier molecular flexibility index (Phi) is 3.85. The fourth-order valence-corrected chi connectivity index (χ4v) is 1.56. The van der Waals surface area contributed by atoms with E-state index in [1.807, 2.05) is 6.07 Å². The molecular weight excluding hydrogens is 206 g/mol. The maximum atomic E-state index is 5.12. The first-order valence-corrected chi connectivity index (χ1v) is 5.70. The summed E-state index contributed by atoms with van der Waals surface area (Å²) < 4.78 is 0.643. The number of aromatic amines is 1. The molecule has 1 aromatic heterocycles. The average Bonchev–Trinajstić information content (AvgIpc) is 1.99. The Balaban J connectivity index is 2.94. The first-order valence-electron chi connectivity index (χ1n) is 5.29. The SMILES string of the molecule is CCCc1nc(=S)cc(NC(C)(C)C)[nH]1. The second-order valence-corrected chi connectivity index (χ2v) is 5.12. The predicted molar refractivity (Wildman–Crippen MR) is 66.8 cm³/mol. The number of anilines is 1. The number of H-pyrrole nitrogens is 1. The minimum Gasteiger partial charge on any atom is -0.367 e.